The summed E-state index contributed by atoms with van der Waals surface area (Å²) in [6, 6.07) is 6.05. The molecule has 0 aliphatic carbocycles. The second-order valence-corrected chi connectivity index (χ2v) is 7.48. The third-order valence-electron chi connectivity index (χ3n) is 4.01. The molecular formula is C19H24N6O5. The molecule has 11 nitrogen and oxygen atoms in total. The largest absolute Gasteiger partial charge is 0.481 e. The Morgan fingerprint density at radius 2 is 1.67 bits per heavy atom. The molecule has 160 valence electrons. The number of aliphatic carboxylic acids is 1. The smallest absolute Gasteiger partial charge is 0.407 e. The minimum Gasteiger partial charge on any atom is -0.481 e. The van der Waals surface area contributed by atoms with Crippen LogP contribution in [-0.4, -0.2) is 50.6 Å². The van der Waals surface area contributed by atoms with Crippen molar-refractivity contribution in [2.45, 2.75) is 39.7 Å². The number of hydrogen-bond acceptors (Lipinski definition) is 8. The Labute approximate surface area is 173 Å². The van der Waals surface area contributed by atoms with Crippen molar-refractivity contribution < 1.29 is 24.2 Å². The lowest BCUT2D eigenvalue weighted by Gasteiger charge is -2.17. The molecule has 2 amide bonds. The number of alkyl carbamates (subject to hydrolysis) is 1. The van der Waals surface area contributed by atoms with Gasteiger partial charge in [-0.15, -0.1) is 20.4 Å². The van der Waals surface area contributed by atoms with E-state index in [2.05, 4.69) is 35.8 Å². The monoisotopic (exact) mass is 416 g/mol. The van der Waals surface area contributed by atoms with E-state index in [1.165, 1.54) is 7.11 Å². The average molecular weight is 416 g/mol. The van der Waals surface area contributed by atoms with Crippen molar-refractivity contribution in [3.8, 4) is 11.4 Å². The van der Waals surface area contributed by atoms with Crippen molar-refractivity contribution in [1.82, 2.24) is 25.7 Å². The van der Waals surface area contributed by atoms with Gasteiger partial charge < -0.3 is 20.5 Å². The number of carboxylic acids is 1. The Morgan fingerprint density at radius 3 is 2.17 bits per heavy atom. The lowest BCUT2D eigenvalue weighted by Crippen LogP contribution is -2.30. The predicted molar refractivity (Wildman–Crippen MR) is 106 cm³/mol. The first-order valence-electron chi connectivity index (χ1n) is 9.15. The van der Waals surface area contributed by atoms with E-state index < -0.39 is 23.5 Å². The number of rotatable bonds is 7. The molecule has 1 heterocycles. The summed E-state index contributed by atoms with van der Waals surface area (Å²) in [6.45, 7) is 5.46. The van der Waals surface area contributed by atoms with Gasteiger partial charge in [0.1, 0.15) is 0 Å². The number of anilines is 1. The number of carbonyl (C=O) groups is 3. The van der Waals surface area contributed by atoms with Crippen LogP contribution in [0.2, 0.25) is 0 Å². The van der Waals surface area contributed by atoms with E-state index in [4.69, 9.17) is 5.11 Å². The molecule has 0 bridgehead atoms. The Balaban J connectivity index is 2.13. The zero-order valence-corrected chi connectivity index (χ0v) is 17.2. The van der Waals surface area contributed by atoms with Crippen molar-refractivity contribution >= 4 is 23.7 Å². The Hall–Kier alpha value is -3.63. The summed E-state index contributed by atoms with van der Waals surface area (Å²) in [5, 5.41) is 30.1. The summed E-state index contributed by atoms with van der Waals surface area (Å²) in [5.41, 5.74) is 0.742. The Kier molecular flexibility index (Phi) is 7.34. The van der Waals surface area contributed by atoms with Gasteiger partial charge in [0.15, 0.2) is 5.82 Å². The van der Waals surface area contributed by atoms with Crippen LogP contribution in [0.3, 0.4) is 0 Å². The standard InChI is InChI=1S/C19H24N6O5/c1-19(2,3)17(28)20-12-7-5-11(6-8-12)15-22-24-16(25-23-15)13(9-10-14(26)27)21-18(29)30-4/h5-8,13H,9-10H2,1-4H3,(H,20,28)(H,21,29)(H,26,27). The van der Waals surface area contributed by atoms with Crippen LogP contribution in [0.5, 0.6) is 0 Å². The second kappa shape index (κ2) is 9.72. The third kappa shape index (κ3) is 6.47. The maximum Gasteiger partial charge on any atom is 0.407 e. The van der Waals surface area contributed by atoms with Gasteiger partial charge in [-0.05, 0) is 30.7 Å². The molecule has 1 aromatic carbocycles. The molecule has 0 saturated heterocycles. The van der Waals surface area contributed by atoms with Gasteiger partial charge in [0, 0.05) is 23.1 Å². The van der Waals surface area contributed by atoms with Crippen LogP contribution in [0.1, 0.15) is 45.5 Å². The van der Waals surface area contributed by atoms with E-state index in [0.29, 0.717) is 11.3 Å². The molecule has 30 heavy (non-hydrogen) atoms. The average Bonchev–Trinajstić information content (AvgIpc) is 2.70. The van der Waals surface area contributed by atoms with Gasteiger partial charge in [-0.1, -0.05) is 20.8 Å². The summed E-state index contributed by atoms with van der Waals surface area (Å²) < 4.78 is 4.54. The first-order chi connectivity index (χ1) is 14.1. The van der Waals surface area contributed by atoms with Crippen molar-refractivity contribution in [2.75, 3.05) is 12.4 Å². The van der Waals surface area contributed by atoms with Crippen LogP contribution < -0.4 is 10.6 Å². The van der Waals surface area contributed by atoms with E-state index in [-0.39, 0.29) is 30.4 Å². The van der Waals surface area contributed by atoms with E-state index in [0.717, 1.165) is 0 Å². The minimum absolute atomic E-state index is 0.0509. The zero-order valence-electron chi connectivity index (χ0n) is 17.2. The maximum atomic E-state index is 12.1. The number of benzene rings is 1. The molecule has 11 heteroatoms. The van der Waals surface area contributed by atoms with Crippen LogP contribution in [0.4, 0.5) is 10.5 Å². The number of carboxylic acid groups (broad SMARTS) is 1. The topological polar surface area (TPSA) is 156 Å². The van der Waals surface area contributed by atoms with E-state index in [9.17, 15) is 14.4 Å². The number of ether oxygens (including phenoxy) is 1. The zero-order chi connectivity index (χ0) is 22.3. The third-order valence-corrected chi connectivity index (χ3v) is 4.01. The fourth-order valence-electron chi connectivity index (χ4n) is 2.25. The molecule has 1 unspecified atom stereocenters. The first-order valence-corrected chi connectivity index (χ1v) is 9.15. The van der Waals surface area contributed by atoms with Crippen LogP contribution >= 0.6 is 0 Å². The first kappa shape index (κ1) is 22.7. The van der Waals surface area contributed by atoms with Crippen molar-refractivity contribution in [1.29, 1.82) is 0 Å². The molecule has 0 fully saturated rings. The van der Waals surface area contributed by atoms with Gasteiger partial charge in [0.2, 0.25) is 11.7 Å². The highest BCUT2D eigenvalue weighted by atomic mass is 16.5. The normalized spacial score (nSPS) is 12.0. The van der Waals surface area contributed by atoms with Gasteiger partial charge in [-0.3, -0.25) is 9.59 Å². The molecule has 0 saturated carbocycles. The number of aromatic nitrogens is 4. The molecule has 0 radical (unpaired) electrons. The Morgan fingerprint density at radius 1 is 1.07 bits per heavy atom. The predicted octanol–water partition coefficient (Wildman–Crippen LogP) is 2.18. The SMILES string of the molecule is COC(=O)NC(CCC(=O)O)c1nnc(-c2ccc(NC(=O)C(C)(C)C)cc2)nn1. The molecule has 1 atom stereocenters. The van der Waals surface area contributed by atoms with Crippen molar-refractivity contribution in [2.24, 2.45) is 5.41 Å². The van der Waals surface area contributed by atoms with Gasteiger partial charge in [-0.2, -0.15) is 0 Å². The number of nitrogens with zero attached hydrogens (tertiary/aromatic N) is 4. The second-order valence-electron chi connectivity index (χ2n) is 7.48. The fraction of sp³-hybridized carbons (Fsp3) is 0.421. The molecule has 2 rings (SSSR count). The number of carbonyl (C=O) groups excluding carboxylic acids is 2. The van der Waals surface area contributed by atoms with E-state index in [1.807, 2.05) is 20.8 Å². The van der Waals surface area contributed by atoms with E-state index >= 15 is 0 Å². The van der Waals surface area contributed by atoms with Gasteiger partial charge >= 0.3 is 12.1 Å². The molecule has 0 aliphatic rings. The van der Waals surface area contributed by atoms with Crippen LogP contribution in [0.25, 0.3) is 11.4 Å². The van der Waals surface area contributed by atoms with Gasteiger partial charge in [0.05, 0.1) is 13.2 Å². The van der Waals surface area contributed by atoms with Gasteiger partial charge in [0.25, 0.3) is 0 Å². The van der Waals surface area contributed by atoms with Crippen molar-refractivity contribution in [3.05, 3.63) is 30.1 Å². The quantitative estimate of drug-likeness (QED) is 0.615. The number of hydrogen-bond donors (Lipinski definition) is 3. The number of amides is 2. The van der Waals surface area contributed by atoms with E-state index in [1.54, 1.807) is 24.3 Å². The minimum atomic E-state index is -1.03. The summed E-state index contributed by atoms with van der Waals surface area (Å²) in [4.78, 5) is 34.4. The van der Waals surface area contributed by atoms with Gasteiger partial charge in [-0.25, -0.2) is 4.79 Å². The summed E-state index contributed by atoms with van der Waals surface area (Å²) in [5.74, 6) is -0.825. The molecule has 0 aliphatic heterocycles. The highest BCUT2D eigenvalue weighted by molar-refractivity contribution is 5.94. The fourth-order valence-corrected chi connectivity index (χ4v) is 2.25. The molecular weight excluding hydrogens is 392 g/mol. The lowest BCUT2D eigenvalue weighted by atomic mass is 9.95. The summed E-state index contributed by atoms with van der Waals surface area (Å²) in [6.07, 6.45) is -0.900. The molecule has 3 N–H and O–H groups in total. The summed E-state index contributed by atoms with van der Waals surface area (Å²) in [7, 11) is 1.19. The molecule has 0 spiro atoms. The lowest BCUT2D eigenvalue weighted by molar-refractivity contribution is -0.137. The maximum absolute atomic E-state index is 12.1. The highest BCUT2D eigenvalue weighted by Gasteiger charge is 2.22. The molecule has 1 aromatic heterocycles. The number of methoxy groups -OCH3 is 1. The Bertz CT molecular complexity index is 893. The van der Waals surface area contributed by atoms with Crippen LogP contribution in [0, 0.1) is 5.41 Å². The summed E-state index contributed by atoms with van der Waals surface area (Å²) >= 11 is 0. The van der Waals surface area contributed by atoms with Crippen molar-refractivity contribution in [3.63, 3.8) is 0 Å². The number of nitrogens with one attached hydrogen (secondary N) is 2. The van der Waals surface area contributed by atoms with Crippen LogP contribution in [-0.2, 0) is 14.3 Å². The van der Waals surface area contributed by atoms with Crippen LogP contribution in [0.15, 0.2) is 24.3 Å². The highest BCUT2D eigenvalue weighted by Crippen LogP contribution is 2.21. The molecule has 2 aromatic rings.